The van der Waals surface area contributed by atoms with E-state index in [-0.39, 0.29) is 5.82 Å². The molecule has 1 fully saturated rings. The molecule has 1 aliphatic heterocycles. The highest BCUT2D eigenvalue weighted by Gasteiger charge is 2.17. The normalized spacial score (nSPS) is 21.4. The van der Waals surface area contributed by atoms with E-state index in [0.717, 1.165) is 30.4 Å². The molecule has 0 bridgehead atoms. The van der Waals surface area contributed by atoms with Crippen molar-refractivity contribution in [2.75, 3.05) is 18.0 Å². The van der Waals surface area contributed by atoms with Crippen LogP contribution in [0.15, 0.2) is 12.3 Å². The Balaban J connectivity index is 2.20. The summed E-state index contributed by atoms with van der Waals surface area (Å²) in [6.45, 7) is 4.26. The Hall–Kier alpha value is -0.830. The van der Waals surface area contributed by atoms with Gasteiger partial charge in [-0.05, 0) is 31.2 Å². The standard InChI is InChI=1S/C13H18ClFN2/c1-10-3-2-5-17(6-4-10)13-11(8-14)7-12(15)9-16-13/h7,9-10H,2-6,8H2,1H3. The number of alkyl halides is 1. The third kappa shape index (κ3) is 3.09. The van der Waals surface area contributed by atoms with Crippen LogP contribution in [-0.4, -0.2) is 18.1 Å². The first kappa shape index (κ1) is 12.6. The van der Waals surface area contributed by atoms with E-state index in [1.165, 1.54) is 31.5 Å². The monoisotopic (exact) mass is 256 g/mol. The van der Waals surface area contributed by atoms with E-state index < -0.39 is 0 Å². The fraction of sp³-hybridized carbons (Fsp3) is 0.615. The minimum absolute atomic E-state index is 0.312. The fourth-order valence-electron chi connectivity index (χ4n) is 2.33. The van der Waals surface area contributed by atoms with Gasteiger partial charge in [-0.15, -0.1) is 11.6 Å². The van der Waals surface area contributed by atoms with Gasteiger partial charge in [0.05, 0.1) is 12.1 Å². The third-order valence-corrected chi connectivity index (χ3v) is 3.66. The number of pyridine rings is 1. The summed E-state index contributed by atoms with van der Waals surface area (Å²) < 4.78 is 13.1. The van der Waals surface area contributed by atoms with Crippen molar-refractivity contribution in [1.82, 2.24) is 4.98 Å². The summed E-state index contributed by atoms with van der Waals surface area (Å²) in [6.07, 6.45) is 4.87. The van der Waals surface area contributed by atoms with Crippen LogP contribution in [0.3, 0.4) is 0 Å². The van der Waals surface area contributed by atoms with Gasteiger partial charge in [0.15, 0.2) is 0 Å². The number of aromatic nitrogens is 1. The Labute approximate surface area is 107 Å². The van der Waals surface area contributed by atoms with Crippen molar-refractivity contribution in [2.24, 2.45) is 5.92 Å². The highest BCUT2D eigenvalue weighted by molar-refractivity contribution is 6.17. The minimum Gasteiger partial charge on any atom is -0.356 e. The van der Waals surface area contributed by atoms with Gasteiger partial charge in [0.1, 0.15) is 11.6 Å². The fourth-order valence-corrected chi connectivity index (χ4v) is 2.53. The van der Waals surface area contributed by atoms with Crippen LogP contribution in [0.5, 0.6) is 0 Å². The maximum atomic E-state index is 13.1. The Morgan fingerprint density at radius 3 is 3.06 bits per heavy atom. The molecule has 0 radical (unpaired) electrons. The molecule has 2 rings (SSSR count). The molecule has 2 heterocycles. The second kappa shape index (κ2) is 5.67. The summed E-state index contributed by atoms with van der Waals surface area (Å²) in [5, 5.41) is 0. The second-order valence-corrected chi connectivity index (χ2v) is 5.06. The number of halogens is 2. The van der Waals surface area contributed by atoms with Crippen molar-refractivity contribution in [3.8, 4) is 0 Å². The molecule has 0 N–H and O–H groups in total. The van der Waals surface area contributed by atoms with Gasteiger partial charge in [0, 0.05) is 18.7 Å². The molecule has 1 atom stereocenters. The van der Waals surface area contributed by atoms with Crippen LogP contribution in [0.4, 0.5) is 10.2 Å². The topological polar surface area (TPSA) is 16.1 Å². The zero-order chi connectivity index (χ0) is 12.3. The van der Waals surface area contributed by atoms with Gasteiger partial charge in [0.25, 0.3) is 0 Å². The Bertz CT molecular complexity index is 384. The quantitative estimate of drug-likeness (QED) is 0.752. The summed E-state index contributed by atoms with van der Waals surface area (Å²) in [5.41, 5.74) is 0.793. The molecule has 1 aliphatic rings. The number of hydrogen-bond acceptors (Lipinski definition) is 2. The zero-order valence-electron chi connectivity index (χ0n) is 10.1. The molecule has 17 heavy (non-hydrogen) atoms. The predicted octanol–water partition coefficient (Wildman–Crippen LogP) is 3.59. The van der Waals surface area contributed by atoms with E-state index in [2.05, 4.69) is 16.8 Å². The van der Waals surface area contributed by atoms with Crippen molar-refractivity contribution < 1.29 is 4.39 Å². The first-order valence-corrected chi connectivity index (χ1v) is 6.69. The third-order valence-electron chi connectivity index (χ3n) is 3.37. The lowest BCUT2D eigenvalue weighted by Gasteiger charge is -2.23. The molecule has 1 saturated heterocycles. The largest absolute Gasteiger partial charge is 0.356 e. The van der Waals surface area contributed by atoms with E-state index in [9.17, 15) is 4.39 Å². The predicted molar refractivity (Wildman–Crippen MR) is 69.0 cm³/mol. The van der Waals surface area contributed by atoms with Crippen LogP contribution in [0.2, 0.25) is 0 Å². The summed E-state index contributed by atoms with van der Waals surface area (Å²) in [5.74, 6) is 1.62. The molecule has 1 aromatic heterocycles. The number of hydrogen-bond donors (Lipinski definition) is 0. The highest BCUT2D eigenvalue weighted by Crippen LogP contribution is 2.25. The Kier molecular flexibility index (Phi) is 4.21. The van der Waals surface area contributed by atoms with Crippen molar-refractivity contribution in [2.45, 2.75) is 32.1 Å². The maximum absolute atomic E-state index is 13.1. The van der Waals surface area contributed by atoms with E-state index >= 15 is 0 Å². The van der Waals surface area contributed by atoms with Gasteiger partial charge >= 0.3 is 0 Å². The molecular weight excluding hydrogens is 239 g/mol. The van der Waals surface area contributed by atoms with E-state index in [4.69, 9.17) is 11.6 Å². The number of nitrogens with zero attached hydrogens (tertiary/aromatic N) is 2. The molecule has 4 heteroatoms. The summed E-state index contributed by atoms with van der Waals surface area (Å²) in [4.78, 5) is 6.44. The summed E-state index contributed by atoms with van der Waals surface area (Å²) in [6, 6.07) is 1.49. The van der Waals surface area contributed by atoms with E-state index in [0.29, 0.717) is 5.88 Å². The van der Waals surface area contributed by atoms with Crippen molar-refractivity contribution in [3.63, 3.8) is 0 Å². The molecule has 0 amide bonds. The molecule has 1 unspecified atom stereocenters. The minimum atomic E-state index is -0.312. The van der Waals surface area contributed by atoms with Gasteiger partial charge in [-0.25, -0.2) is 9.37 Å². The van der Waals surface area contributed by atoms with Crippen LogP contribution in [0, 0.1) is 11.7 Å². The van der Waals surface area contributed by atoms with Crippen LogP contribution >= 0.6 is 11.6 Å². The van der Waals surface area contributed by atoms with Gasteiger partial charge in [-0.2, -0.15) is 0 Å². The molecule has 0 spiro atoms. The molecule has 94 valence electrons. The summed E-state index contributed by atoms with van der Waals surface area (Å²) >= 11 is 5.86. The van der Waals surface area contributed by atoms with E-state index in [1.54, 1.807) is 0 Å². The zero-order valence-corrected chi connectivity index (χ0v) is 10.9. The average molecular weight is 257 g/mol. The van der Waals surface area contributed by atoms with Gasteiger partial charge < -0.3 is 4.90 Å². The molecule has 0 aromatic carbocycles. The first-order valence-electron chi connectivity index (χ1n) is 6.16. The molecule has 2 nitrogen and oxygen atoms in total. The molecule has 1 aromatic rings. The van der Waals surface area contributed by atoms with Crippen molar-refractivity contribution in [3.05, 3.63) is 23.6 Å². The van der Waals surface area contributed by atoms with Crippen LogP contribution in [0.25, 0.3) is 0 Å². The smallest absolute Gasteiger partial charge is 0.141 e. The highest BCUT2D eigenvalue weighted by atomic mass is 35.5. The second-order valence-electron chi connectivity index (χ2n) is 4.79. The SMILES string of the molecule is CC1CCCN(c2ncc(F)cc2CCl)CC1. The van der Waals surface area contributed by atoms with E-state index in [1.807, 2.05) is 0 Å². The first-order chi connectivity index (χ1) is 8.20. The lowest BCUT2D eigenvalue weighted by molar-refractivity contribution is 0.521. The maximum Gasteiger partial charge on any atom is 0.141 e. The molecular formula is C13H18ClFN2. The summed E-state index contributed by atoms with van der Waals surface area (Å²) in [7, 11) is 0. The number of rotatable bonds is 2. The number of anilines is 1. The van der Waals surface area contributed by atoms with Crippen LogP contribution in [-0.2, 0) is 5.88 Å². The lowest BCUT2D eigenvalue weighted by atomic mass is 10.0. The average Bonchev–Trinajstić information content (AvgIpc) is 2.54. The van der Waals surface area contributed by atoms with Crippen molar-refractivity contribution in [1.29, 1.82) is 0 Å². The van der Waals surface area contributed by atoms with Crippen molar-refractivity contribution >= 4 is 17.4 Å². The lowest BCUT2D eigenvalue weighted by Crippen LogP contribution is -2.26. The molecule has 0 aliphatic carbocycles. The van der Waals surface area contributed by atoms with Crippen LogP contribution < -0.4 is 4.90 Å². The Morgan fingerprint density at radius 1 is 1.47 bits per heavy atom. The Morgan fingerprint density at radius 2 is 2.29 bits per heavy atom. The van der Waals surface area contributed by atoms with Crippen LogP contribution in [0.1, 0.15) is 31.7 Å². The van der Waals surface area contributed by atoms with Gasteiger partial charge in [-0.3, -0.25) is 0 Å². The molecule has 0 saturated carbocycles. The van der Waals surface area contributed by atoms with Gasteiger partial charge in [-0.1, -0.05) is 6.92 Å². The van der Waals surface area contributed by atoms with Gasteiger partial charge in [0.2, 0.25) is 0 Å².